The smallest absolute Gasteiger partial charge is 0.0576 e. The van der Waals surface area contributed by atoms with Gasteiger partial charge in [0.05, 0.1) is 17.0 Å². The van der Waals surface area contributed by atoms with Crippen molar-refractivity contribution in [1.82, 2.24) is 0 Å². The maximum absolute atomic E-state index is 2.31. The summed E-state index contributed by atoms with van der Waals surface area (Å²) in [6, 6.07) is 8.67. The van der Waals surface area contributed by atoms with Crippen LogP contribution in [0, 0.1) is 11.8 Å². The van der Waals surface area contributed by atoms with E-state index in [1.807, 2.05) is 0 Å². The van der Waals surface area contributed by atoms with Gasteiger partial charge in [0.1, 0.15) is 0 Å². The van der Waals surface area contributed by atoms with Crippen molar-refractivity contribution in [2.45, 2.75) is 26.7 Å². The molecule has 72 valence electrons. The minimum Gasteiger partial charge on any atom is -0.0576 e. The number of hydrogen-bond acceptors (Lipinski definition) is 0. The molecule has 0 heterocycles. The van der Waals surface area contributed by atoms with Gasteiger partial charge < -0.3 is 0 Å². The van der Waals surface area contributed by atoms with Crippen LogP contribution in [0.2, 0.25) is 0 Å². The predicted molar refractivity (Wildman–Crippen MR) is 61.2 cm³/mol. The Morgan fingerprint density at radius 3 is 2.57 bits per heavy atom. The van der Waals surface area contributed by atoms with Crippen LogP contribution in [-0.4, -0.2) is 0 Å². The fourth-order valence-corrected chi connectivity index (χ4v) is 2.08. The molecular formula is C14H17+. The molecule has 0 saturated carbocycles. The van der Waals surface area contributed by atoms with E-state index in [2.05, 4.69) is 63.6 Å². The first-order valence-corrected chi connectivity index (χ1v) is 5.19. The second-order valence-corrected chi connectivity index (χ2v) is 5.02. The number of fused-ring (bicyclic) bond motifs is 1. The largest absolute Gasteiger partial charge is 0.0997 e. The Hall–Kier alpha value is -1.17. The maximum Gasteiger partial charge on any atom is 0.0997 e. The quantitative estimate of drug-likeness (QED) is 0.537. The van der Waals surface area contributed by atoms with E-state index in [1.165, 1.54) is 11.1 Å². The van der Waals surface area contributed by atoms with Crippen molar-refractivity contribution >= 4 is 0 Å². The zero-order valence-corrected chi connectivity index (χ0v) is 9.12. The molecule has 0 aliphatic heterocycles. The van der Waals surface area contributed by atoms with E-state index in [4.69, 9.17) is 0 Å². The normalized spacial score (nSPS) is 20.1. The summed E-state index contributed by atoms with van der Waals surface area (Å²) in [6.45, 7) is 6.89. The summed E-state index contributed by atoms with van der Waals surface area (Å²) >= 11 is 0. The standard InChI is InChI=1S/C14H17/c1-14(2,3)13-10-6-8-11-7-4-5-9-12(11)13/h4-10,13H,1-3H3/q+1. The van der Waals surface area contributed by atoms with Gasteiger partial charge in [-0.15, -0.1) is 0 Å². The van der Waals surface area contributed by atoms with Crippen LogP contribution in [0.4, 0.5) is 0 Å². The van der Waals surface area contributed by atoms with Crippen LogP contribution in [0.5, 0.6) is 0 Å². The Labute approximate surface area is 86.7 Å². The molecular weight excluding hydrogens is 168 g/mol. The highest BCUT2D eigenvalue weighted by molar-refractivity contribution is 5.45. The fraction of sp³-hybridized carbons (Fsp3) is 0.357. The molecule has 1 aliphatic rings. The van der Waals surface area contributed by atoms with Crippen LogP contribution >= 0.6 is 0 Å². The molecule has 0 bridgehead atoms. The third-order valence-corrected chi connectivity index (χ3v) is 2.84. The van der Waals surface area contributed by atoms with Gasteiger partial charge >= 0.3 is 0 Å². The molecule has 2 rings (SSSR count). The molecule has 0 amide bonds. The lowest BCUT2D eigenvalue weighted by atomic mass is 9.72. The minimum atomic E-state index is 0.306. The van der Waals surface area contributed by atoms with E-state index in [0.29, 0.717) is 11.3 Å². The van der Waals surface area contributed by atoms with Gasteiger partial charge in [-0.25, -0.2) is 0 Å². The number of hydrogen-bond donors (Lipinski definition) is 0. The monoisotopic (exact) mass is 185 g/mol. The SMILES string of the molecule is CC(C)(C)C1C=C[CH+]c2ccccc21. The zero-order valence-electron chi connectivity index (χ0n) is 9.12. The van der Waals surface area contributed by atoms with Gasteiger partial charge in [0.25, 0.3) is 0 Å². The Morgan fingerprint density at radius 1 is 1.14 bits per heavy atom. The first kappa shape index (κ1) is 9.39. The summed E-state index contributed by atoms with van der Waals surface area (Å²) < 4.78 is 0. The number of allylic oxidation sites excluding steroid dienone is 2. The van der Waals surface area contributed by atoms with Crippen LogP contribution in [0.25, 0.3) is 0 Å². The van der Waals surface area contributed by atoms with E-state index >= 15 is 0 Å². The number of benzene rings is 1. The van der Waals surface area contributed by atoms with Crippen LogP contribution in [-0.2, 0) is 0 Å². The molecule has 0 aromatic heterocycles. The predicted octanol–water partition coefficient (Wildman–Crippen LogP) is 3.94. The average molecular weight is 185 g/mol. The molecule has 0 N–H and O–H groups in total. The Balaban J connectivity index is 2.46. The van der Waals surface area contributed by atoms with Gasteiger partial charge in [-0.2, -0.15) is 0 Å². The van der Waals surface area contributed by atoms with Gasteiger partial charge in [-0.3, -0.25) is 0 Å². The molecule has 0 fully saturated rings. The lowest BCUT2D eigenvalue weighted by Crippen LogP contribution is -2.19. The average Bonchev–Trinajstić information content (AvgIpc) is 2.15. The molecule has 14 heavy (non-hydrogen) atoms. The number of rotatable bonds is 0. The van der Waals surface area contributed by atoms with Crippen molar-refractivity contribution in [3.05, 3.63) is 54.0 Å². The topological polar surface area (TPSA) is 0 Å². The lowest BCUT2D eigenvalue weighted by molar-refractivity contribution is 0.364. The minimum absolute atomic E-state index is 0.306. The van der Waals surface area contributed by atoms with E-state index in [1.54, 1.807) is 0 Å². The molecule has 0 nitrogen and oxygen atoms in total. The summed E-state index contributed by atoms with van der Waals surface area (Å²) in [7, 11) is 0. The second kappa shape index (κ2) is 3.20. The van der Waals surface area contributed by atoms with Crippen molar-refractivity contribution < 1.29 is 0 Å². The molecule has 0 spiro atoms. The van der Waals surface area contributed by atoms with Crippen molar-refractivity contribution in [2.75, 3.05) is 0 Å². The fourth-order valence-electron chi connectivity index (χ4n) is 2.08. The van der Waals surface area contributed by atoms with Crippen molar-refractivity contribution in [3.63, 3.8) is 0 Å². The Morgan fingerprint density at radius 2 is 1.86 bits per heavy atom. The molecule has 0 saturated heterocycles. The van der Waals surface area contributed by atoms with Gasteiger partial charge in [0.2, 0.25) is 0 Å². The first-order valence-electron chi connectivity index (χ1n) is 5.19. The highest BCUT2D eigenvalue weighted by Crippen LogP contribution is 2.40. The highest BCUT2D eigenvalue weighted by Gasteiger charge is 2.32. The molecule has 1 aromatic carbocycles. The van der Waals surface area contributed by atoms with Gasteiger partial charge in [-0.1, -0.05) is 20.8 Å². The van der Waals surface area contributed by atoms with Crippen LogP contribution in [0.15, 0.2) is 36.4 Å². The van der Waals surface area contributed by atoms with Crippen molar-refractivity contribution in [2.24, 2.45) is 5.41 Å². The van der Waals surface area contributed by atoms with E-state index < -0.39 is 0 Å². The highest BCUT2D eigenvalue weighted by atomic mass is 14.3. The summed E-state index contributed by atoms with van der Waals surface area (Å²) in [5.74, 6) is 0.545. The van der Waals surface area contributed by atoms with Crippen molar-refractivity contribution in [1.29, 1.82) is 0 Å². The summed E-state index contributed by atoms with van der Waals surface area (Å²) in [4.78, 5) is 0. The van der Waals surface area contributed by atoms with Gasteiger partial charge in [0.15, 0.2) is 0 Å². The molecule has 1 atom stereocenters. The molecule has 1 aliphatic carbocycles. The zero-order chi connectivity index (χ0) is 10.2. The Bertz CT molecular complexity index is 353. The van der Waals surface area contributed by atoms with Crippen LogP contribution in [0.3, 0.4) is 0 Å². The van der Waals surface area contributed by atoms with E-state index in [9.17, 15) is 0 Å². The van der Waals surface area contributed by atoms with E-state index in [-0.39, 0.29) is 0 Å². The molecule has 1 aromatic rings. The van der Waals surface area contributed by atoms with Gasteiger partial charge in [-0.05, 0) is 29.7 Å². The summed E-state index contributed by atoms with van der Waals surface area (Å²) in [6.07, 6.45) is 6.68. The molecule has 0 radical (unpaired) electrons. The van der Waals surface area contributed by atoms with Crippen molar-refractivity contribution in [3.8, 4) is 0 Å². The van der Waals surface area contributed by atoms with Gasteiger partial charge in [0, 0.05) is 18.6 Å². The summed E-state index contributed by atoms with van der Waals surface area (Å²) in [5, 5.41) is 0. The lowest BCUT2D eigenvalue weighted by Gasteiger charge is -2.27. The second-order valence-electron chi connectivity index (χ2n) is 5.02. The van der Waals surface area contributed by atoms with Crippen LogP contribution < -0.4 is 0 Å². The van der Waals surface area contributed by atoms with E-state index in [0.717, 1.165) is 0 Å². The summed E-state index contributed by atoms with van der Waals surface area (Å²) in [5.41, 5.74) is 3.14. The first-order chi connectivity index (χ1) is 6.59. The van der Waals surface area contributed by atoms with Crippen LogP contribution in [0.1, 0.15) is 37.8 Å². The third-order valence-electron chi connectivity index (χ3n) is 2.84. The molecule has 1 unspecified atom stereocenters. The third kappa shape index (κ3) is 1.57. The Kier molecular flexibility index (Phi) is 2.14. The maximum atomic E-state index is 2.31. The molecule has 0 heteroatoms.